The Balaban J connectivity index is 2.66. The second-order valence-electron chi connectivity index (χ2n) is 2.97. The van der Waals surface area contributed by atoms with Gasteiger partial charge in [0, 0.05) is 14.6 Å². The van der Waals surface area contributed by atoms with Gasteiger partial charge in [0.2, 0.25) is 0 Å². The van der Waals surface area contributed by atoms with Gasteiger partial charge >= 0.3 is 0 Å². The number of benzene rings is 1. The van der Waals surface area contributed by atoms with E-state index in [-0.39, 0.29) is 0 Å². The lowest BCUT2D eigenvalue weighted by Crippen LogP contribution is -1.80. The van der Waals surface area contributed by atoms with Crippen LogP contribution < -0.4 is 5.73 Å². The summed E-state index contributed by atoms with van der Waals surface area (Å²) in [4.78, 5) is 0. The van der Waals surface area contributed by atoms with Gasteiger partial charge in [0.05, 0.1) is 17.5 Å². The lowest BCUT2D eigenvalue weighted by Gasteiger charge is -1.97. The number of nitrogens with zero attached hydrogens (tertiary/aromatic N) is 1. The van der Waals surface area contributed by atoms with E-state index >= 15 is 0 Å². The largest absolute Gasteiger partial charge is 0.391 e. The molecular weight excluding hydrogens is 260 g/mol. The summed E-state index contributed by atoms with van der Waals surface area (Å²) >= 11 is 5.02. The van der Waals surface area contributed by atoms with E-state index in [1.54, 1.807) is 11.3 Å². The number of hydrogen-bond acceptors (Lipinski definition) is 3. The van der Waals surface area contributed by atoms with E-state index in [9.17, 15) is 0 Å². The average Bonchev–Trinajstić information content (AvgIpc) is 2.47. The van der Waals surface area contributed by atoms with E-state index in [2.05, 4.69) is 22.0 Å². The van der Waals surface area contributed by atoms with E-state index in [4.69, 9.17) is 11.0 Å². The van der Waals surface area contributed by atoms with Crippen molar-refractivity contribution in [1.82, 2.24) is 0 Å². The first-order valence-corrected chi connectivity index (χ1v) is 5.66. The molecule has 0 aliphatic rings. The van der Waals surface area contributed by atoms with Gasteiger partial charge in [-0.1, -0.05) is 15.9 Å². The zero-order chi connectivity index (χ0) is 10.1. The van der Waals surface area contributed by atoms with Crippen molar-refractivity contribution in [2.24, 2.45) is 0 Å². The van der Waals surface area contributed by atoms with Crippen LogP contribution in [0.15, 0.2) is 22.7 Å². The summed E-state index contributed by atoms with van der Waals surface area (Å²) < 4.78 is 2.13. The number of hydrogen-bond donors (Lipinski definition) is 1. The van der Waals surface area contributed by atoms with Crippen molar-refractivity contribution in [1.29, 1.82) is 5.26 Å². The Labute approximate surface area is 94.1 Å². The predicted molar refractivity (Wildman–Crippen MR) is 63.3 cm³/mol. The van der Waals surface area contributed by atoms with Crippen LogP contribution in [0.5, 0.6) is 0 Å². The molecule has 0 aliphatic heterocycles. The molecule has 0 saturated carbocycles. The molecule has 70 valence electrons. The lowest BCUT2D eigenvalue weighted by molar-refractivity contribution is 1.27. The molecule has 0 bridgehead atoms. The molecule has 1 heterocycles. The molecule has 0 amide bonds. The molecule has 0 radical (unpaired) electrons. The number of anilines is 1. The average molecular weight is 267 g/mol. The van der Waals surface area contributed by atoms with Crippen LogP contribution in [0.2, 0.25) is 0 Å². The summed E-state index contributed by atoms with van der Waals surface area (Å²) in [7, 11) is 0. The monoisotopic (exact) mass is 266 g/mol. The molecule has 0 saturated heterocycles. The van der Waals surface area contributed by atoms with E-state index in [0.29, 0.717) is 6.42 Å². The third-order valence-corrected chi connectivity index (χ3v) is 3.52. The Morgan fingerprint density at radius 3 is 2.93 bits per heavy atom. The SMILES string of the molecule is N#CCc1cc(Br)c2cc(N)sc2c1. The molecule has 0 aliphatic carbocycles. The van der Waals surface area contributed by atoms with Crippen LogP contribution in [0.4, 0.5) is 5.00 Å². The predicted octanol–water partition coefficient (Wildman–Crippen LogP) is 3.31. The third kappa shape index (κ3) is 1.61. The fourth-order valence-electron chi connectivity index (χ4n) is 1.36. The first-order chi connectivity index (χ1) is 6.70. The fraction of sp³-hybridized carbons (Fsp3) is 0.100. The van der Waals surface area contributed by atoms with Gasteiger partial charge in [-0.2, -0.15) is 5.26 Å². The molecule has 2 N–H and O–H groups in total. The minimum Gasteiger partial charge on any atom is -0.391 e. The smallest absolute Gasteiger partial charge is 0.0869 e. The van der Waals surface area contributed by atoms with Gasteiger partial charge in [0.15, 0.2) is 0 Å². The highest BCUT2D eigenvalue weighted by atomic mass is 79.9. The van der Waals surface area contributed by atoms with Gasteiger partial charge in [-0.05, 0) is 23.8 Å². The van der Waals surface area contributed by atoms with E-state index in [1.165, 1.54) is 0 Å². The number of halogens is 1. The van der Waals surface area contributed by atoms with Crippen LogP contribution in [0.25, 0.3) is 10.1 Å². The summed E-state index contributed by atoms with van der Waals surface area (Å²) in [5, 5.41) is 10.5. The first-order valence-electron chi connectivity index (χ1n) is 4.05. The van der Waals surface area contributed by atoms with Crippen molar-refractivity contribution < 1.29 is 0 Å². The highest BCUT2D eigenvalue weighted by Gasteiger charge is 2.05. The number of fused-ring (bicyclic) bond motifs is 1. The van der Waals surface area contributed by atoms with Crippen LogP contribution in [-0.4, -0.2) is 0 Å². The molecule has 0 atom stereocenters. The van der Waals surface area contributed by atoms with Gasteiger partial charge in [-0.25, -0.2) is 0 Å². The molecule has 1 aromatic heterocycles. The van der Waals surface area contributed by atoms with Crippen molar-refractivity contribution >= 4 is 42.4 Å². The van der Waals surface area contributed by atoms with Crippen LogP contribution in [0.3, 0.4) is 0 Å². The maximum Gasteiger partial charge on any atom is 0.0869 e. The second-order valence-corrected chi connectivity index (χ2v) is 4.94. The van der Waals surface area contributed by atoms with E-state index < -0.39 is 0 Å². The normalized spacial score (nSPS) is 10.3. The van der Waals surface area contributed by atoms with Crippen molar-refractivity contribution in [2.75, 3.05) is 5.73 Å². The Morgan fingerprint density at radius 2 is 2.21 bits per heavy atom. The summed E-state index contributed by atoms with van der Waals surface area (Å²) in [6, 6.07) is 8.07. The van der Waals surface area contributed by atoms with Gasteiger partial charge in [-0.3, -0.25) is 0 Å². The van der Waals surface area contributed by atoms with Crippen LogP contribution in [0.1, 0.15) is 5.56 Å². The van der Waals surface area contributed by atoms with Crippen LogP contribution in [0, 0.1) is 11.3 Å². The van der Waals surface area contributed by atoms with Crippen molar-refractivity contribution in [2.45, 2.75) is 6.42 Å². The zero-order valence-corrected chi connectivity index (χ0v) is 9.65. The quantitative estimate of drug-likeness (QED) is 0.861. The number of nitrogen functional groups attached to an aromatic ring is 1. The van der Waals surface area contributed by atoms with Gasteiger partial charge in [0.25, 0.3) is 0 Å². The molecule has 0 spiro atoms. The maximum absolute atomic E-state index is 8.60. The van der Waals surface area contributed by atoms with Crippen LogP contribution in [-0.2, 0) is 6.42 Å². The fourth-order valence-corrected chi connectivity index (χ4v) is 3.04. The van der Waals surface area contributed by atoms with Gasteiger partial charge in [-0.15, -0.1) is 11.3 Å². The number of rotatable bonds is 1. The third-order valence-electron chi connectivity index (χ3n) is 1.95. The second kappa shape index (κ2) is 3.60. The minimum atomic E-state index is 0.437. The van der Waals surface area contributed by atoms with Crippen LogP contribution >= 0.6 is 27.3 Å². The number of nitrogens with two attached hydrogens (primary N) is 1. The Hall–Kier alpha value is -1.05. The molecular formula is C10H7BrN2S. The van der Waals surface area contributed by atoms with Crippen molar-refractivity contribution in [3.8, 4) is 6.07 Å². The highest BCUT2D eigenvalue weighted by molar-refractivity contribution is 9.10. The molecule has 14 heavy (non-hydrogen) atoms. The van der Waals surface area contributed by atoms with E-state index in [0.717, 1.165) is 25.1 Å². The topological polar surface area (TPSA) is 49.8 Å². The number of nitriles is 1. The molecule has 4 heteroatoms. The number of thiophene rings is 1. The zero-order valence-electron chi connectivity index (χ0n) is 7.25. The molecule has 2 rings (SSSR count). The molecule has 0 fully saturated rings. The Kier molecular flexibility index (Phi) is 2.44. The molecule has 1 aromatic carbocycles. The molecule has 0 unspecified atom stereocenters. The van der Waals surface area contributed by atoms with Gasteiger partial charge in [0.1, 0.15) is 0 Å². The minimum absolute atomic E-state index is 0.437. The summed E-state index contributed by atoms with van der Waals surface area (Å²) in [5.74, 6) is 0. The Bertz CT molecular complexity index is 525. The standard InChI is InChI=1S/C10H7BrN2S/c11-8-3-6(1-2-12)4-9-7(8)5-10(13)14-9/h3-5H,1,13H2. The lowest BCUT2D eigenvalue weighted by atomic mass is 10.1. The molecule has 2 nitrogen and oxygen atoms in total. The van der Waals surface area contributed by atoms with Crippen molar-refractivity contribution in [3.05, 3.63) is 28.2 Å². The Morgan fingerprint density at radius 1 is 1.43 bits per heavy atom. The summed E-state index contributed by atoms with van der Waals surface area (Å²) in [6.07, 6.45) is 0.437. The van der Waals surface area contributed by atoms with Gasteiger partial charge < -0.3 is 5.73 Å². The maximum atomic E-state index is 8.60. The van der Waals surface area contributed by atoms with Crippen molar-refractivity contribution in [3.63, 3.8) is 0 Å². The summed E-state index contributed by atoms with van der Waals surface area (Å²) in [5.41, 5.74) is 6.74. The highest BCUT2D eigenvalue weighted by Crippen LogP contribution is 2.34. The molecule has 2 aromatic rings. The first kappa shape index (κ1) is 9.50. The van der Waals surface area contributed by atoms with E-state index in [1.807, 2.05) is 18.2 Å². The summed E-state index contributed by atoms with van der Waals surface area (Å²) in [6.45, 7) is 0.